The molecule has 0 radical (unpaired) electrons. The minimum Gasteiger partial charge on any atom is -0.497 e. The summed E-state index contributed by atoms with van der Waals surface area (Å²) in [6.07, 6.45) is 35.2. The van der Waals surface area contributed by atoms with Gasteiger partial charge in [-0.05, 0) is 270 Å². The third kappa shape index (κ3) is 16.3. The van der Waals surface area contributed by atoms with Gasteiger partial charge in [0.15, 0.2) is 17.3 Å². The molecular formula is C91H122O10. The van der Waals surface area contributed by atoms with Crippen molar-refractivity contribution in [3.05, 3.63) is 201 Å². The van der Waals surface area contributed by atoms with Crippen molar-refractivity contribution in [1.82, 2.24) is 0 Å². The maximum Gasteiger partial charge on any atom is 0.169 e. The van der Waals surface area contributed by atoms with Crippen molar-refractivity contribution in [2.75, 3.05) is 35.5 Å². The highest BCUT2D eigenvalue weighted by atomic mass is 16.5. The number of rotatable bonds is 27. The molecule has 546 valence electrons. The van der Waals surface area contributed by atoms with Crippen LogP contribution in [0.5, 0.6) is 28.7 Å². The average molecular weight is 1380 g/mol. The molecule has 0 amide bonds. The lowest BCUT2D eigenvalue weighted by atomic mass is 9.61. The van der Waals surface area contributed by atoms with Crippen LogP contribution >= 0.6 is 0 Å². The van der Waals surface area contributed by atoms with E-state index >= 15 is 0 Å². The molecule has 0 saturated carbocycles. The van der Waals surface area contributed by atoms with Crippen molar-refractivity contribution >= 4 is 22.9 Å². The third-order valence-electron chi connectivity index (χ3n) is 24.1. The van der Waals surface area contributed by atoms with Gasteiger partial charge in [0.25, 0.3) is 0 Å². The number of carbonyl (C=O) groups excluding carboxylic acids is 3. The first-order valence-electron chi connectivity index (χ1n) is 38.2. The molecule has 12 rings (SSSR count). The SMILES string of the molecule is C=CCCC1(CCCC)Cc2cc(OC)ccc2C1(O)C(=C)C.C=CCCC1(CCCC)Cc2cc(OC)ccc2C1=O.CCCCC12CCC(=O)C(C)=C1c1ccc(OC)cc1C2.CCCCC12CCC=C(C)C1(O)c1ccc(OC)cc1C2.CCCCC1Cc2cc(OC)ccc2C1=O. The summed E-state index contributed by atoms with van der Waals surface area (Å²) in [5.74, 6) is 5.54. The molecule has 2 N–H and O–H groups in total. The summed E-state index contributed by atoms with van der Waals surface area (Å²) in [5.41, 5.74) is 13.7. The highest BCUT2D eigenvalue weighted by Gasteiger charge is 2.59. The summed E-state index contributed by atoms with van der Waals surface area (Å²) in [7, 11) is 8.43. The molecule has 7 atom stereocenters. The van der Waals surface area contributed by atoms with Crippen LogP contribution in [0.25, 0.3) is 5.57 Å². The van der Waals surface area contributed by atoms with Gasteiger partial charge in [0.1, 0.15) is 39.9 Å². The summed E-state index contributed by atoms with van der Waals surface area (Å²) < 4.78 is 26.6. The number of ketones is 3. The van der Waals surface area contributed by atoms with Gasteiger partial charge in [-0.3, -0.25) is 14.4 Å². The van der Waals surface area contributed by atoms with Crippen molar-refractivity contribution in [2.24, 2.45) is 27.6 Å². The Hall–Kier alpha value is -7.27. The molecule has 0 aromatic heterocycles. The van der Waals surface area contributed by atoms with Crippen molar-refractivity contribution in [1.29, 1.82) is 0 Å². The van der Waals surface area contributed by atoms with Gasteiger partial charge in [-0.15, -0.1) is 13.2 Å². The molecule has 7 aliphatic carbocycles. The number of Topliss-reactive ketones (excluding diaryl/α,β-unsaturated/α-hetero) is 3. The van der Waals surface area contributed by atoms with E-state index in [1.807, 2.05) is 86.7 Å². The van der Waals surface area contributed by atoms with E-state index in [1.54, 1.807) is 35.5 Å². The molecule has 10 nitrogen and oxygen atoms in total. The second-order valence-corrected chi connectivity index (χ2v) is 30.3. The Balaban J connectivity index is 0.000000161. The zero-order chi connectivity index (χ0) is 73.3. The number of benzene rings is 5. The molecule has 0 heterocycles. The Labute approximate surface area is 607 Å². The van der Waals surface area contributed by atoms with Crippen LogP contribution in [0, 0.1) is 27.6 Å². The highest BCUT2D eigenvalue weighted by Crippen LogP contribution is 2.63. The van der Waals surface area contributed by atoms with Crippen LogP contribution in [0.1, 0.15) is 268 Å². The van der Waals surface area contributed by atoms with Gasteiger partial charge in [0.2, 0.25) is 0 Å². The summed E-state index contributed by atoms with van der Waals surface area (Å²) in [6.45, 7) is 28.9. The van der Waals surface area contributed by atoms with Crippen LogP contribution in [-0.2, 0) is 48.1 Å². The number of ether oxygens (including phenoxy) is 5. The summed E-state index contributed by atoms with van der Waals surface area (Å²) in [4.78, 5) is 37.1. The first-order chi connectivity index (χ1) is 48.5. The monoisotopic (exact) mass is 1370 g/mol. The number of fused-ring (bicyclic) bond motifs is 9. The van der Waals surface area contributed by atoms with Crippen molar-refractivity contribution in [2.45, 2.75) is 246 Å². The van der Waals surface area contributed by atoms with E-state index in [2.05, 4.69) is 97.7 Å². The predicted molar refractivity (Wildman–Crippen MR) is 414 cm³/mol. The molecular weight excluding hydrogens is 1250 g/mol. The lowest BCUT2D eigenvalue weighted by molar-refractivity contribution is -0.116. The molecule has 0 fully saturated rings. The number of allylic oxidation sites excluding steroid dienone is 5. The second kappa shape index (κ2) is 35.3. The van der Waals surface area contributed by atoms with Crippen molar-refractivity contribution in [3.8, 4) is 28.7 Å². The number of unbranched alkanes of at least 4 members (excludes halogenated alkanes) is 5. The van der Waals surface area contributed by atoms with Gasteiger partial charge in [0, 0.05) is 45.1 Å². The van der Waals surface area contributed by atoms with Crippen LogP contribution in [0.2, 0.25) is 0 Å². The van der Waals surface area contributed by atoms with Crippen LogP contribution in [0.4, 0.5) is 0 Å². The van der Waals surface area contributed by atoms with E-state index in [4.69, 9.17) is 23.7 Å². The van der Waals surface area contributed by atoms with Gasteiger partial charge < -0.3 is 33.9 Å². The standard InChI is InChI=1S/C21H30O2.C19H26O2.C19H24O2.C18H24O2.C14H18O2/c1-6-8-12-20(13-9-7-2)15-17-14-18(23-5)10-11-19(17)21(20,22)16(3)4;1-4-5-10-18-11-6-7-14(2)19(18,20)17-9-8-16(21-3)12-15(17)13-18;1-4-5-9-19-10-8-17(20)13(2)18(19)16-7-6-15(21-3)11-14(16)12-19;1-4-6-10-18(11-7-5-2)13-14-12-15(20-3)8-9-16(14)17(18)19;1-3-4-5-10-8-11-9-12(16-2)6-7-13(11)14(10)15/h6,10-11,14,22H,1,3,7-9,12-13,15H2,2,4-5H3;7-9,12,20H,4-6,10-11,13H2,1-3H3;6-7,11H,4-5,8-10,12H2,1-3H3;4,8-9,12H,1,5-7,10-11,13H2,2-3H3;6-7,9-10H,3-5,8H2,1-2H3. The lowest BCUT2D eigenvalue weighted by Crippen LogP contribution is -2.45. The molecule has 7 aliphatic rings. The third-order valence-corrected chi connectivity index (χ3v) is 24.1. The fraction of sp³-hybridized carbons (Fsp3) is 0.527. The summed E-state index contributed by atoms with van der Waals surface area (Å²) >= 11 is 0. The minimum atomic E-state index is -0.965. The molecule has 5 aromatic carbocycles. The number of hydrogen-bond acceptors (Lipinski definition) is 10. The maximum absolute atomic E-state index is 12.9. The Morgan fingerprint density at radius 2 is 1.03 bits per heavy atom. The Bertz CT molecular complexity index is 3810. The zero-order valence-corrected chi connectivity index (χ0v) is 64.1. The zero-order valence-electron chi connectivity index (χ0n) is 64.1. The Kier molecular flexibility index (Phi) is 27.7. The van der Waals surface area contributed by atoms with E-state index in [0.29, 0.717) is 23.8 Å². The minimum absolute atomic E-state index is 0.0173. The molecule has 0 bridgehead atoms. The Morgan fingerprint density at radius 3 is 1.60 bits per heavy atom. The molecule has 7 unspecified atom stereocenters. The number of aliphatic hydroxyl groups is 2. The van der Waals surface area contributed by atoms with Gasteiger partial charge in [-0.2, -0.15) is 0 Å². The molecule has 0 saturated heterocycles. The summed E-state index contributed by atoms with van der Waals surface area (Å²) in [6, 6.07) is 30.2. The molecule has 0 aliphatic heterocycles. The van der Waals surface area contributed by atoms with Gasteiger partial charge in [-0.25, -0.2) is 0 Å². The molecule has 0 spiro atoms. The van der Waals surface area contributed by atoms with Gasteiger partial charge in [0.05, 0.1) is 35.5 Å². The number of hydrogen-bond donors (Lipinski definition) is 2. The smallest absolute Gasteiger partial charge is 0.169 e. The van der Waals surface area contributed by atoms with Gasteiger partial charge in [-0.1, -0.05) is 142 Å². The van der Waals surface area contributed by atoms with Crippen molar-refractivity contribution in [3.63, 3.8) is 0 Å². The summed E-state index contributed by atoms with van der Waals surface area (Å²) in [5, 5.41) is 23.4. The molecule has 10 heteroatoms. The van der Waals surface area contributed by atoms with Crippen LogP contribution in [0.15, 0.2) is 146 Å². The largest absolute Gasteiger partial charge is 0.497 e. The normalized spacial score (nSPS) is 24.3. The number of methoxy groups -OCH3 is 5. The second-order valence-electron chi connectivity index (χ2n) is 30.3. The van der Waals surface area contributed by atoms with E-state index in [-0.39, 0.29) is 27.6 Å². The van der Waals surface area contributed by atoms with E-state index < -0.39 is 11.2 Å². The predicted octanol–water partition coefficient (Wildman–Crippen LogP) is 21.9. The first kappa shape index (κ1) is 79.4. The lowest BCUT2D eigenvalue weighted by Gasteiger charge is -2.47. The van der Waals surface area contributed by atoms with Crippen LogP contribution < -0.4 is 23.7 Å². The number of carbonyl (C=O) groups is 3. The molecule has 101 heavy (non-hydrogen) atoms. The van der Waals surface area contributed by atoms with E-state index in [0.717, 1.165) is 220 Å². The quantitative estimate of drug-likeness (QED) is 0.0489. The Morgan fingerprint density at radius 1 is 0.535 bits per heavy atom. The highest BCUT2D eigenvalue weighted by molar-refractivity contribution is 6.06. The first-order valence-corrected chi connectivity index (χ1v) is 38.2. The van der Waals surface area contributed by atoms with Crippen LogP contribution in [-0.4, -0.2) is 63.1 Å². The van der Waals surface area contributed by atoms with Gasteiger partial charge >= 0.3 is 0 Å². The fourth-order valence-electron chi connectivity index (χ4n) is 18.5. The van der Waals surface area contributed by atoms with E-state index in [1.165, 1.54) is 59.9 Å². The van der Waals surface area contributed by atoms with E-state index in [9.17, 15) is 24.6 Å². The maximum atomic E-state index is 12.9. The molecule has 5 aromatic rings. The fourth-order valence-corrected chi connectivity index (χ4v) is 18.5. The van der Waals surface area contributed by atoms with Crippen molar-refractivity contribution < 1.29 is 48.3 Å². The van der Waals surface area contributed by atoms with Crippen LogP contribution in [0.3, 0.4) is 0 Å². The topological polar surface area (TPSA) is 138 Å². The average Bonchev–Trinajstić information content (AvgIpc) is 1.57.